The molecule has 100 valence electrons. The molecular weight excluding hydrogens is 278 g/mol. The number of hydrogen-bond donors (Lipinski definition) is 1. The van der Waals surface area contributed by atoms with Gasteiger partial charge >= 0.3 is 0 Å². The summed E-state index contributed by atoms with van der Waals surface area (Å²) in [5, 5.41) is 3.92. The molecule has 2 nitrogen and oxygen atoms in total. The second kappa shape index (κ2) is 6.21. The molecule has 0 saturated heterocycles. The van der Waals surface area contributed by atoms with E-state index in [9.17, 15) is 4.79 Å². The number of alkyl halides is 1. The van der Waals surface area contributed by atoms with Crippen LogP contribution in [0.25, 0.3) is 0 Å². The van der Waals surface area contributed by atoms with Crippen molar-refractivity contribution in [2.75, 3.05) is 5.33 Å². The van der Waals surface area contributed by atoms with E-state index in [4.69, 9.17) is 0 Å². The Morgan fingerprint density at radius 2 is 1.82 bits per heavy atom. The monoisotopic (exact) mass is 303 g/mol. The van der Waals surface area contributed by atoms with Crippen LogP contribution in [0.2, 0.25) is 0 Å². The number of carbonyl (C=O) groups excluding carboxylic acids is 1. The van der Waals surface area contributed by atoms with Crippen molar-refractivity contribution in [2.45, 2.75) is 59.4 Å². The van der Waals surface area contributed by atoms with Crippen LogP contribution in [0, 0.1) is 17.3 Å². The average molecular weight is 304 g/mol. The second-order valence-corrected chi connectivity index (χ2v) is 6.91. The molecule has 1 saturated carbocycles. The van der Waals surface area contributed by atoms with Gasteiger partial charge in [-0.1, -0.05) is 43.6 Å². The van der Waals surface area contributed by atoms with Crippen LogP contribution in [0.5, 0.6) is 0 Å². The van der Waals surface area contributed by atoms with E-state index >= 15 is 0 Å². The standard InChI is InChI=1S/C14H26BrNO/c1-10(2)11-5-7-12(8-6-11)16-13(17)14(3,4)9-15/h10-12H,5-9H2,1-4H3,(H,16,17). The van der Waals surface area contributed by atoms with E-state index in [-0.39, 0.29) is 11.3 Å². The van der Waals surface area contributed by atoms with Gasteiger partial charge in [0.05, 0.1) is 5.41 Å². The predicted octanol–water partition coefficient (Wildman–Crippen LogP) is 3.74. The maximum atomic E-state index is 12.0. The average Bonchev–Trinajstić information content (AvgIpc) is 2.29. The predicted molar refractivity (Wildman–Crippen MR) is 76.3 cm³/mol. The fourth-order valence-corrected chi connectivity index (χ4v) is 2.63. The molecule has 0 atom stereocenters. The van der Waals surface area contributed by atoms with Crippen molar-refractivity contribution in [3.63, 3.8) is 0 Å². The van der Waals surface area contributed by atoms with Crippen LogP contribution in [0.3, 0.4) is 0 Å². The third-order valence-electron chi connectivity index (χ3n) is 4.00. The van der Waals surface area contributed by atoms with Gasteiger partial charge in [-0.05, 0) is 37.5 Å². The Morgan fingerprint density at radius 1 is 1.29 bits per heavy atom. The Kier molecular flexibility index (Phi) is 5.49. The molecule has 0 unspecified atom stereocenters. The number of hydrogen-bond acceptors (Lipinski definition) is 1. The Bertz CT molecular complexity index is 255. The Hall–Kier alpha value is -0.0500. The molecule has 0 bridgehead atoms. The molecule has 17 heavy (non-hydrogen) atoms. The molecule has 0 aromatic rings. The van der Waals surface area contributed by atoms with Crippen molar-refractivity contribution in [2.24, 2.45) is 17.3 Å². The molecule has 0 heterocycles. The van der Waals surface area contributed by atoms with Gasteiger partial charge in [0.2, 0.25) is 5.91 Å². The highest BCUT2D eigenvalue weighted by Gasteiger charge is 2.30. The number of amides is 1. The Morgan fingerprint density at radius 3 is 2.24 bits per heavy atom. The van der Waals surface area contributed by atoms with Crippen LogP contribution in [0.4, 0.5) is 0 Å². The Labute approximate surface area is 114 Å². The molecule has 0 aromatic carbocycles. The number of nitrogens with one attached hydrogen (secondary N) is 1. The van der Waals surface area contributed by atoms with Gasteiger partial charge in [0.1, 0.15) is 0 Å². The van der Waals surface area contributed by atoms with Crippen molar-refractivity contribution in [3.05, 3.63) is 0 Å². The zero-order valence-corrected chi connectivity index (χ0v) is 13.1. The molecule has 0 aliphatic heterocycles. The summed E-state index contributed by atoms with van der Waals surface area (Å²) in [6, 6.07) is 0.399. The lowest BCUT2D eigenvalue weighted by Gasteiger charge is -2.33. The third kappa shape index (κ3) is 4.27. The first-order chi connectivity index (χ1) is 7.86. The first-order valence-electron chi connectivity index (χ1n) is 6.73. The van der Waals surface area contributed by atoms with Gasteiger partial charge in [-0.3, -0.25) is 4.79 Å². The van der Waals surface area contributed by atoms with E-state index in [0.29, 0.717) is 11.4 Å². The quantitative estimate of drug-likeness (QED) is 0.788. The highest BCUT2D eigenvalue weighted by molar-refractivity contribution is 9.09. The van der Waals surface area contributed by atoms with Crippen LogP contribution < -0.4 is 5.32 Å². The fourth-order valence-electron chi connectivity index (χ4n) is 2.37. The minimum absolute atomic E-state index is 0.183. The zero-order valence-electron chi connectivity index (χ0n) is 11.6. The summed E-state index contributed by atoms with van der Waals surface area (Å²) in [5.74, 6) is 1.82. The topological polar surface area (TPSA) is 29.1 Å². The van der Waals surface area contributed by atoms with Crippen molar-refractivity contribution in [3.8, 4) is 0 Å². The number of carbonyl (C=O) groups is 1. The number of halogens is 1. The van der Waals surface area contributed by atoms with Crippen molar-refractivity contribution in [1.82, 2.24) is 5.32 Å². The summed E-state index contributed by atoms with van der Waals surface area (Å²) in [7, 11) is 0. The molecule has 1 aliphatic rings. The van der Waals surface area contributed by atoms with Gasteiger partial charge in [0.25, 0.3) is 0 Å². The molecule has 0 spiro atoms. The summed E-state index contributed by atoms with van der Waals surface area (Å²) < 4.78 is 0. The molecular formula is C14H26BrNO. The van der Waals surface area contributed by atoms with Crippen molar-refractivity contribution >= 4 is 21.8 Å². The second-order valence-electron chi connectivity index (χ2n) is 6.35. The molecule has 3 heteroatoms. The maximum absolute atomic E-state index is 12.0. The minimum Gasteiger partial charge on any atom is -0.353 e. The summed E-state index contributed by atoms with van der Waals surface area (Å²) >= 11 is 3.40. The largest absolute Gasteiger partial charge is 0.353 e. The van der Waals surface area contributed by atoms with Crippen LogP contribution in [0.15, 0.2) is 0 Å². The summed E-state index contributed by atoms with van der Waals surface area (Å²) in [6.45, 7) is 8.57. The van der Waals surface area contributed by atoms with Gasteiger partial charge in [-0.2, -0.15) is 0 Å². The van der Waals surface area contributed by atoms with Gasteiger partial charge < -0.3 is 5.32 Å². The zero-order chi connectivity index (χ0) is 13.1. The van der Waals surface area contributed by atoms with E-state index < -0.39 is 0 Å². The van der Waals surface area contributed by atoms with E-state index in [1.165, 1.54) is 12.8 Å². The normalized spacial score (nSPS) is 26.0. The lowest BCUT2D eigenvalue weighted by atomic mass is 9.79. The minimum atomic E-state index is -0.297. The van der Waals surface area contributed by atoms with Crippen LogP contribution in [0.1, 0.15) is 53.4 Å². The van der Waals surface area contributed by atoms with Crippen LogP contribution in [-0.2, 0) is 4.79 Å². The lowest BCUT2D eigenvalue weighted by Crippen LogP contribution is -2.45. The summed E-state index contributed by atoms with van der Waals surface area (Å²) in [6.07, 6.45) is 4.81. The lowest BCUT2D eigenvalue weighted by molar-refractivity contribution is -0.129. The molecule has 0 aromatic heterocycles. The molecule has 0 radical (unpaired) electrons. The van der Waals surface area contributed by atoms with Crippen molar-refractivity contribution in [1.29, 1.82) is 0 Å². The highest BCUT2D eigenvalue weighted by atomic mass is 79.9. The van der Waals surface area contributed by atoms with Gasteiger partial charge in [0.15, 0.2) is 0 Å². The SMILES string of the molecule is CC(C)C1CCC(NC(=O)C(C)(C)CBr)CC1. The first kappa shape index (κ1) is 15.0. The first-order valence-corrected chi connectivity index (χ1v) is 7.86. The van der Waals surface area contributed by atoms with E-state index in [1.807, 2.05) is 13.8 Å². The van der Waals surface area contributed by atoms with Gasteiger partial charge in [-0.25, -0.2) is 0 Å². The van der Waals surface area contributed by atoms with E-state index in [1.54, 1.807) is 0 Å². The molecule has 1 amide bonds. The van der Waals surface area contributed by atoms with Gasteiger partial charge in [-0.15, -0.1) is 0 Å². The van der Waals surface area contributed by atoms with Crippen molar-refractivity contribution < 1.29 is 4.79 Å². The molecule has 1 aliphatic carbocycles. The summed E-state index contributed by atoms with van der Waals surface area (Å²) in [5.41, 5.74) is -0.297. The smallest absolute Gasteiger partial charge is 0.226 e. The molecule has 1 rings (SSSR count). The molecule has 1 fully saturated rings. The third-order valence-corrected chi connectivity index (χ3v) is 5.40. The van der Waals surface area contributed by atoms with Crippen LogP contribution in [-0.4, -0.2) is 17.3 Å². The Balaban J connectivity index is 2.38. The van der Waals surface area contributed by atoms with E-state index in [2.05, 4.69) is 35.1 Å². The highest BCUT2D eigenvalue weighted by Crippen LogP contribution is 2.30. The van der Waals surface area contributed by atoms with E-state index in [0.717, 1.165) is 24.7 Å². The molecule has 1 N–H and O–H groups in total. The fraction of sp³-hybridized carbons (Fsp3) is 0.929. The van der Waals surface area contributed by atoms with Gasteiger partial charge in [0, 0.05) is 11.4 Å². The maximum Gasteiger partial charge on any atom is 0.226 e. The van der Waals surface area contributed by atoms with Crippen LogP contribution >= 0.6 is 15.9 Å². The number of rotatable bonds is 4. The summed E-state index contributed by atoms with van der Waals surface area (Å²) in [4.78, 5) is 12.0.